The van der Waals surface area contributed by atoms with Gasteiger partial charge in [-0.05, 0) is 310 Å². The zero-order valence-corrected chi connectivity index (χ0v) is 75.2. The van der Waals surface area contributed by atoms with E-state index >= 15 is 0 Å². The predicted octanol–water partition coefficient (Wildman–Crippen LogP) is 35.3. The van der Waals surface area contributed by atoms with Crippen molar-refractivity contribution in [3.05, 3.63) is 511 Å². The lowest BCUT2D eigenvalue weighted by molar-refractivity contribution is 1.28. The molecule has 0 aliphatic carbocycles. The first kappa shape index (κ1) is 81.6. The highest BCUT2D eigenvalue weighted by atomic mass is 14.7. The number of rotatable bonds is 12. The summed E-state index contributed by atoms with van der Waals surface area (Å²) in [6.07, 6.45) is 16.9. The highest BCUT2D eigenvalue weighted by molar-refractivity contribution is 6.29. The molecule has 21 aromatic carbocycles. The Morgan fingerprint density at radius 1 is 0.116 bits per heavy atom. The van der Waals surface area contributed by atoms with Crippen LogP contribution >= 0.6 is 0 Å². The first-order valence-corrected chi connectivity index (χ1v) is 46.9. The minimum Gasteiger partial charge on any atom is -0.264 e. The molecule has 27 rings (SSSR count). The molecule has 27 aromatic rings. The SMILES string of the molecule is c1ccc(-c2c3ccccc3c(-c3cc4ccccc4c4ccccc34)c3cc(-c4ccc(-c5cccnc5)nc4)ccc23)cc1.c1ccc(-c2c3ccccc3c(-c3cc4ccccc4c4ccccc34)c3ccc(-c4ccc(-c5cccnc5)nc4)cc23)cc1.c1cncc(-c2ccc(-c3ccc4c(-c5ccc6ccccc6c5)c5ccccc5c(-c5ccc6ccccc6c5)c4c3)cn2)c1. The summed E-state index contributed by atoms with van der Waals surface area (Å²) in [7, 11) is 0. The second kappa shape index (κ2) is 35.3. The van der Waals surface area contributed by atoms with Crippen LogP contribution in [-0.4, -0.2) is 29.9 Å². The number of hydrogen-bond acceptors (Lipinski definition) is 6. The quantitative estimate of drug-likeness (QED) is 0.0896. The van der Waals surface area contributed by atoms with Gasteiger partial charge in [-0.2, -0.15) is 0 Å². The van der Waals surface area contributed by atoms with Crippen LogP contribution in [0.4, 0.5) is 0 Å². The number of hydrogen-bond donors (Lipinski definition) is 0. The summed E-state index contributed by atoms with van der Waals surface area (Å²) >= 11 is 0. The van der Waals surface area contributed by atoms with Gasteiger partial charge in [0.25, 0.3) is 0 Å². The van der Waals surface area contributed by atoms with E-state index in [0.29, 0.717) is 0 Å². The summed E-state index contributed by atoms with van der Waals surface area (Å²) in [5, 5.41) is 30.0. The Bertz CT molecular complexity index is 9300. The maximum absolute atomic E-state index is 4.84. The van der Waals surface area contributed by atoms with Crippen molar-refractivity contribution in [2.75, 3.05) is 0 Å². The van der Waals surface area contributed by atoms with Gasteiger partial charge in [0.1, 0.15) is 0 Å². The van der Waals surface area contributed by atoms with Crippen molar-refractivity contribution in [3.63, 3.8) is 0 Å². The summed E-state index contributed by atoms with van der Waals surface area (Å²) in [6.45, 7) is 0. The molecule has 0 fully saturated rings. The summed E-state index contributed by atoms with van der Waals surface area (Å²) in [6, 6.07) is 165. The standard InChI is InChI=1S/3C44H28N2/c1-3-10-31-24-34(17-15-29(31)8-1)43-38-13-5-6-14-39(38)44(35-18-16-30-9-2-4-11-32(30)25-35)41-26-33(19-21-40(41)43)36-20-22-42(46-28-36)37-12-7-23-45-27-37;1-2-11-29(12-3-1)43-37-18-8-9-19-38(37)44(40-26-31-13-4-5-15-34(31)35-16-6-7-17-36(35)40)39-22-20-30(25-41(39)43)32-21-23-42(46-28-32)33-14-10-24-45-27-33;1-2-11-29(12-3-1)43-37-18-8-9-19-38(37)44(40-26-31-13-4-5-15-34(31)35-16-6-7-17-36(35)40)41-25-30(20-22-39(41)43)32-21-23-42(46-28-32)33-14-10-24-45-27-33/h3*1-28H. The van der Waals surface area contributed by atoms with Gasteiger partial charge in [0.2, 0.25) is 0 Å². The number of nitrogens with zero attached hydrogens (tertiary/aromatic N) is 6. The normalized spacial score (nSPS) is 11.5. The Labute approximate surface area is 798 Å². The zero-order chi connectivity index (χ0) is 91.4. The van der Waals surface area contributed by atoms with Crippen LogP contribution in [-0.2, 0) is 0 Å². The highest BCUT2D eigenvalue weighted by Gasteiger charge is 2.25. The first-order chi connectivity index (χ1) is 68.5. The molecule has 0 amide bonds. The summed E-state index contributed by atoms with van der Waals surface area (Å²) in [5.41, 5.74) is 27.4. The Morgan fingerprint density at radius 3 is 0.725 bits per heavy atom. The molecule has 0 saturated heterocycles. The monoisotopic (exact) mass is 1750 g/mol. The van der Waals surface area contributed by atoms with Crippen LogP contribution in [0.25, 0.3) is 263 Å². The molecule has 642 valence electrons. The van der Waals surface area contributed by atoms with Crippen molar-refractivity contribution < 1.29 is 0 Å². The molecule has 6 heterocycles. The van der Waals surface area contributed by atoms with E-state index < -0.39 is 0 Å². The van der Waals surface area contributed by atoms with Crippen LogP contribution < -0.4 is 0 Å². The molecular formula is C132H84N6. The van der Waals surface area contributed by atoms with E-state index in [2.05, 4.69) is 434 Å². The molecule has 0 radical (unpaired) electrons. The number of fused-ring (bicyclic) bond motifs is 14. The van der Waals surface area contributed by atoms with Crippen molar-refractivity contribution in [1.29, 1.82) is 0 Å². The molecule has 0 spiro atoms. The third kappa shape index (κ3) is 14.9. The van der Waals surface area contributed by atoms with Gasteiger partial charge < -0.3 is 0 Å². The Hall–Kier alpha value is -18.4. The van der Waals surface area contributed by atoms with E-state index in [9.17, 15) is 0 Å². The van der Waals surface area contributed by atoms with Gasteiger partial charge in [0.15, 0.2) is 0 Å². The van der Waals surface area contributed by atoms with Gasteiger partial charge in [-0.15, -0.1) is 0 Å². The number of aromatic nitrogens is 6. The van der Waals surface area contributed by atoms with Crippen molar-refractivity contribution in [1.82, 2.24) is 29.9 Å². The molecule has 0 unspecified atom stereocenters. The largest absolute Gasteiger partial charge is 0.264 e. The second-order valence-electron chi connectivity index (χ2n) is 35.4. The average molecular weight is 1750 g/mol. The van der Waals surface area contributed by atoms with Gasteiger partial charge in [0, 0.05) is 89.2 Å². The average Bonchev–Trinajstić information content (AvgIpc) is 0.694. The Morgan fingerprint density at radius 2 is 0.370 bits per heavy atom. The van der Waals surface area contributed by atoms with Gasteiger partial charge in [-0.1, -0.05) is 358 Å². The first-order valence-electron chi connectivity index (χ1n) is 46.9. The molecule has 6 heteroatoms. The summed E-state index contributed by atoms with van der Waals surface area (Å²) in [5.74, 6) is 0. The fourth-order valence-electron chi connectivity index (χ4n) is 21.1. The maximum atomic E-state index is 4.84. The number of pyridine rings is 6. The fourth-order valence-corrected chi connectivity index (χ4v) is 21.1. The van der Waals surface area contributed by atoms with Gasteiger partial charge in [0.05, 0.1) is 17.1 Å². The van der Waals surface area contributed by atoms with Crippen LogP contribution in [0.5, 0.6) is 0 Å². The third-order valence-electron chi connectivity index (χ3n) is 27.5. The maximum Gasteiger partial charge on any atom is 0.0717 e. The minimum atomic E-state index is 0.915. The van der Waals surface area contributed by atoms with Crippen LogP contribution in [0.3, 0.4) is 0 Å². The Balaban J connectivity index is 0.000000110. The van der Waals surface area contributed by atoms with Gasteiger partial charge >= 0.3 is 0 Å². The lowest BCUT2D eigenvalue weighted by Crippen LogP contribution is -1.93. The summed E-state index contributed by atoms with van der Waals surface area (Å²) in [4.78, 5) is 27.3. The van der Waals surface area contributed by atoms with Gasteiger partial charge in [-0.25, -0.2) is 0 Å². The number of benzene rings is 21. The van der Waals surface area contributed by atoms with Crippen LogP contribution in [0.15, 0.2) is 511 Å². The van der Waals surface area contributed by atoms with Crippen molar-refractivity contribution >= 4 is 129 Å². The van der Waals surface area contributed by atoms with E-state index in [1.54, 1.807) is 18.6 Å². The zero-order valence-electron chi connectivity index (χ0n) is 75.2. The third-order valence-corrected chi connectivity index (χ3v) is 27.5. The van der Waals surface area contributed by atoms with Crippen LogP contribution in [0, 0.1) is 0 Å². The van der Waals surface area contributed by atoms with Crippen molar-refractivity contribution in [2.24, 2.45) is 0 Å². The Kier molecular flexibility index (Phi) is 20.9. The lowest BCUT2D eigenvalue weighted by atomic mass is 9.83. The topological polar surface area (TPSA) is 77.3 Å². The van der Waals surface area contributed by atoms with E-state index in [0.717, 1.165) is 67.2 Å². The van der Waals surface area contributed by atoms with E-state index in [1.807, 2.05) is 73.6 Å². The van der Waals surface area contributed by atoms with Crippen LogP contribution in [0.2, 0.25) is 0 Å². The molecule has 0 aliphatic rings. The lowest BCUT2D eigenvalue weighted by Gasteiger charge is -2.20. The van der Waals surface area contributed by atoms with E-state index in [1.165, 1.54) is 196 Å². The molecule has 6 nitrogen and oxygen atoms in total. The predicted molar refractivity (Wildman–Crippen MR) is 581 cm³/mol. The van der Waals surface area contributed by atoms with E-state index in [4.69, 9.17) is 15.0 Å². The highest BCUT2D eigenvalue weighted by Crippen LogP contribution is 2.52. The minimum absolute atomic E-state index is 0.915. The second-order valence-corrected chi connectivity index (χ2v) is 35.4. The molecule has 0 bridgehead atoms. The molecular weight excluding hydrogens is 1670 g/mol. The van der Waals surface area contributed by atoms with Crippen molar-refractivity contribution in [3.8, 4) is 134 Å². The molecule has 138 heavy (non-hydrogen) atoms. The molecule has 0 aliphatic heterocycles. The molecule has 0 saturated carbocycles. The molecule has 0 atom stereocenters. The fraction of sp³-hybridized carbons (Fsp3) is 0. The molecule has 0 N–H and O–H groups in total. The van der Waals surface area contributed by atoms with Gasteiger partial charge in [-0.3, -0.25) is 29.9 Å². The van der Waals surface area contributed by atoms with Crippen molar-refractivity contribution in [2.45, 2.75) is 0 Å². The van der Waals surface area contributed by atoms with E-state index in [-0.39, 0.29) is 0 Å². The van der Waals surface area contributed by atoms with Crippen LogP contribution in [0.1, 0.15) is 0 Å². The summed E-state index contributed by atoms with van der Waals surface area (Å²) < 4.78 is 0. The molecule has 6 aromatic heterocycles. The smallest absolute Gasteiger partial charge is 0.0717 e.